The smallest absolute Gasteiger partial charge is 0.255 e. The molecule has 1 amide bonds. The molecule has 28 heavy (non-hydrogen) atoms. The first-order valence-electron chi connectivity index (χ1n) is 8.71. The Balaban J connectivity index is 2.14. The molecule has 0 aromatic heterocycles. The number of ether oxygens (including phenoxy) is 2. The lowest BCUT2D eigenvalue weighted by atomic mass is 10.1. The second-order valence-corrected chi connectivity index (χ2v) is 8.57. The van der Waals surface area contributed by atoms with Crippen LogP contribution in [0.15, 0.2) is 40.9 Å². The number of nitrogens with one attached hydrogen (secondary N) is 2. The number of sulfonamides is 1. The molecule has 0 bridgehead atoms. The van der Waals surface area contributed by atoms with Crippen molar-refractivity contribution in [2.75, 3.05) is 29.5 Å². The van der Waals surface area contributed by atoms with Gasteiger partial charge in [0.25, 0.3) is 5.91 Å². The van der Waals surface area contributed by atoms with Gasteiger partial charge < -0.3 is 14.8 Å². The predicted octanol–water partition coefficient (Wildman–Crippen LogP) is 4.26. The molecule has 0 heterocycles. The summed E-state index contributed by atoms with van der Waals surface area (Å²) in [6, 6.07) is 9.69. The molecule has 2 aromatic carbocycles. The van der Waals surface area contributed by atoms with Gasteiger partial charge in [0.2, 0.25) is 10.0 Å². The number of carbonyl (C=O) groups excluding carboxylic acids is 1. The van der Waals surface area contributed by atoms with Crippen molar-refractivity contribution in [3.05, 3.63) is 46.4 Å². The third kappa shape index (κ3) is 5.87. The molecule has 0 unspecified atom stereocenters. The number of halogens is 1. The molecule has 2 rings (SSSR count). The number of hydrogen-bond acceptors (Lipinski definition) is 5. The van der Waals surface area contributed by atoms with Crippen LogP contribution in [-0.2, 0) is 10.0 Å². The molecule has 0 aliphatic carbocycles. The van der Waals surface area contributed by atoms with Crippen molar-refractivity contribution in [3.8, 4) is 11.5 Å². The van der Waals surface area contributed by atoms with E-state index in [2.05, 4.69) is 26.0 Å². The fourth-order valence-corrected chi connectivity index (χ4v) is 4.15. The summed E-state index contributed by atoms with van der Waals surface area (Å²) in [5.41, 5.74) is 1.37. The second kappa shape index (κ2) is 9.79. The lowest BCUT2D eigenvalue weighted by Crippen LogP contribution is -2.16. The van der Waals surface area contributed by atoms with E-state index in [1.165, 1.54) is 7.11 Å². The summed E-state index contributed by atoms with van der Waals surface area (Å²) >= 11 is 3.39. The molecule has 152 valence electrons. The molecule has 0 radical (unpaired) electrons. The number of hydrogen-bond donors (Lipinski definition) is 2. The Morgan fingerprint density at radius 2 is 1.75 bits per heavy atom. The minimum Gasteiger partial charge on any atom is -0.493 e. The molecule has 9 heteroatoms. The molecule has 2 aromatic rings. The molecular weight excluding hydrogens is 448 g/mol. The number of anilines is 2. The van der Waals surface area contributed by atoms with Crippen LogP contribution in [0.4, 0.5) is 11.4 Å². The number of methoxy groups -OCH3 is 1. The van der Waals surface area contributed by atoms with E-state index in [-0.39, 0.29) is 11.7 Å². The molecule has 0 aliphatic heterocycles. The summed E-state index contributed by atoms with van der Waals surface area (Å²) in [6.45, 7) is 4.12. The average molecular weight is 471 g/mol. The van der Waals surface area contributed by atoms with Crippen LogP contribution in [0.2, 0.25) is 0 Å². The van der Waals surface area contributed by atoms with Gasteiger partial charge in [0, 0.05) is 16.9 Å². The zero-order valence-electron chi connectivity index (χ0n) is 15.9. The average Bonchev–Trinajstić information content (AvgIpc) is 2.64. The first kappa shape index (κ1) is 22.0. The van der Waals surface area contributed by atoms with Crippen molar-refractivity contribution in [1.29, 1.82) is 0 Å². The Bertz CT molecular complexity index is 930. The topological polar surface area (TPSA) is 93.7 Å². The quantitative estimate of drug-likeness (QED) is 0.570. The molecule has 2 N–H and O–H groups in total. The fraction of sp³-hybridized carbons (Fsp3) is 0.316. The monoisotopic (exact) mass is 470 g/mol. The highest BCUT2D eigenvalue weighted by Crippen LogP contribution is 2.36. The van der Waals surface area contributed by atoms with Crippen LogP contribution in [-0.4, -0.2) is 33.8 Å². The summed E-state index contributed by atoms with van der Waals surface area (Å²) in [5.74, 6) is 0.702. The summed E-state index contributed by atoms with van der Waals surface area (Å²) in [5, 5.41) is 2.77. The van der Waals surface area contributed by atoms with Gasteiger partial charge >= 0.3 is 0 Å². The van der Waals surface area contributed by atoms with Crippen LogP contribution in [0.3, 0.4) is 0 Å². The maximum atomic E-state index is 12.6. The molecule has 0 saturated heterocycles. The van der Waals surface area contributed by atoms with E-state index in [1.807, 2.05) is 6.92 Å². The third-order valence-electron chi connectivity index (χ3n) is 3.67. The van der Waals surface area contributed by atoms with Crippen molar-refractivity contribution >= 4 is 43.2 Å². The predicted molar refractivity (Wildman–Crippen MR) is 114 cm³/mol. The summed E-state index contributed by atoms with van der Waals surface area (Å²) in [6.07, 6.45) is 0.532. The zero-order chi connectivity index (χ0) is 20.7. The van der Waals surface area contributed by atoms with Crippen molar-refractivity contribution in [3.63, 3.8) is 0 Å². The first-order chi connectivity index (χ1) is 13.3. The van der Waals surface area contributed by atoms with E-state index in [1.54, 1.807) is 43.3 Å². The van der Waals surface area contributed by atoms with Crippen molar-refractivity contribution < 1.29 is 22.7 Å². The largest absolute Gasteiger partial charge is 0.493 e. The first-order valence-corrected chi connectivity index (χ1v) is 11.2. The highest BCUT2D eigenvalue weighted by atomic mass is 79.9. The second-order valence-electron chi connectivity index (χ2n) is 5.87. The number of amides is 1. The molecule has 0 aliphatic rings. The summed E-state index contributed by atoms with van der Waals surface area (Å²) in [7, 11) is -1.85. The van der Waals surface area contributed by atoms with Crippen molar-refractivity contribution in [2.45, 2.75) is 20.3 Å². The molecule has 0 fully saturated rings. The van der Waals surface area contributed by atoms with Gasteiger partial charge in [-0.1, -0.05) is 6.92 Å². The number of carbonyl (C=O) groups is 1. The van der Waals surface area contributed by atoms with E-state index in [0.29, 0.717) is 45.9 Å². The highest BCUT2D eigenvalue weighted by Gasteiger charge is 2.16. The van der Waals surface area contributed by atoms with E-state index in [9.17, 15) is 13.2 Å². The number of rotatable bonds is 9. The zero-order valence-corrected chi connectivity index (χ0v) is 18.3. The number of benzene rings is 2. The lowest BCUT2D eigenvalue weighted by molar-refractivity contribution is 0.102. The van der Waals surface area contributed by atoms with Gasteiger partial charge in [-0.2, -0.15) is 0 Å². The lowest BCUT2D eigenvalue weighted by Gasteiger charge is -2.13. The van der Waals surface area contributed by atoms with Gasteiger partial charge in [-0.05, 0) is 65.7 Å². The van der Waals surface area contributed by atoms with Crippen LogP contribution in [0, 0.1) is 0 Å². The Morgan fingerprint density at radius 1 is 1.11 bits per heavy atom. The van der Waals surface area contributed by atoms with E-state index in [0.717, 1.165) is 0 Å². The summed E-state index contributed by atoms with van der Waals surface area (Å²) < 4.78 is 37.5. The maximum Gasteiger partial charge on any atom is 0.255 e. The van der Waals surface area contributed by atoms with Gasteiger partial charge in [0.1, 0.15) is 0 Å². The normalized spacial score (nSPS) is 11.0. The van der Waals surface area contributed by atoms with E-state index < -0.39 is 10.0 Å². The highest BCUT2D eigenvalue weighted by molar-refractivity contribution is 9.10. The molecule has 0 saturated carbocycles. The standard InChI is InChI=1S/C19H23BrN2O5S/c1-4-10-28(24,25)22-15-8-6-14(7-9-15)21-19(23)13-11-16(20)18(27-5-2)17(12-13)26-3/h6-9,11-12,22H,4-5,10H2,1-3H3,(H,21,23). The Labute approximate surface area is 173 Å². The van der Waals surface area contributed by atoms with Crippen LogP contribution in [0.1, 0.15) is 30.6 Å². The Kier molecular flexibility index (Phi) is 7.70. The summed E-state index contributed by atoms with van der Waals surface area (Å²) in [4.78, 5) is 12.6. The molecular formula is C19H23BrN2O5S. The van der Waals surface area contributed by atoms with Gasteiger partial charge in [0.15, 0.2) is 11.5 Å². The van der Waals surface area contributed by atoms with Gasteiger partial charge in [-0.15, -0.1) is 0 Å². The minimum absolute atomic E-state index is 0.0555. The van der Waals surface area contributed by atoms with Gasteiger partial charge in [-0.25, -0.2) is 8.42 Å². The minimum atomic E-state index is -3.35. The van der Waals surface area contributed by atoms with Gasteiger partial charge in [-0.3, -0.25) is 9.52 Å². The van der Waals surface area contributed by atoms with Crippen LogP contribution < -0.4 is 19.5 Å². The fourth-order valence-electron chi connectivity index (χ4n) is 2.46. The molecule has 0 atom stereocenters. The molecule has 0 spiro atoms. The van der Waals surface area contributed by atoms with Crippen molar-refractivity contribution in [2.24, 2.45) is 0 Å². The van der Waals surface area contributed by atoms with Crippen LogP contribution in [0.25, 0.3) is 0 Å². The van der Waals surface area contributed by atoms with Gasteiger partial charge in [0.05, 0.1) is 23.9 Å². The van der Waals surface area contributed by atoms with E-state index in [4.69, 9.17) is 9.47 Å². The SMILES string of the molecule is CCCS(=O)(=O)Nc1ccc(NC(=O)c2cc(Br)c(OCC)c(OC)c2)cc1. The van der Waals surface area contributed by atoms with E-state index >= 15 is 0 Å². The Hall–Kier alpha value is -2.26. The Morgan fingerprint density at radius 3 is 2.32 bits per heavy atom. The van der Waals surface area contributed by atoms with Crippen LogP contribution in [0.5, 0.6) is 11.5 Å². The molecule has 7 nitrogen and oxygen atoms in total. The third-order valence-corrected chi connectivity index (χ3v) is 5.75. The maximum absolute atomic E-state index is 12.6. The van der Waals surface area contributed by atoms with Crippen LogP contribution >= 0.6 is 15.9 Å². The van der Waals surface area contributed by atoms with Crippen molar-refractivity contribution in [1.82, 2.24) is 0 Å².